The summed E-state index contributed by atoms with van der Waals surface area (Å²) >= 11 is 6.22. The molecule has 1 atom stereocenters. The summed E-state index contributed by atoms with van der Waals surface area (Å²) in [5.74, 6) is 1.08. The number of hydrogen-bond donors (Lipinski definition) is 0. The second kappa shape index (κ2) is 6.59. The van der Waals surface area contributed by atoms with Gasteiger partial charge in [-0.3, -0.25) is 10.1 Å². The fourth-order valence-electron chi connectivity index (χ4n) is 1.86. The number of alkyl halides is 1. The minimum absolute atomic E-state index is 0.101. The normalized spacial score (nSPS) is 12.5. The number of rotatable bonds is 6. The van der Waals surface area contributed by atoms with Gasteiger partial charge in [-0.1, -0.05) is 13.8 Å². The van der Waals surface area contributed by atoms with Crippen LogP contribution in [-0.4, -0.2) is 17.4 Å². The zero-order valence-electron chi connectivity index (χ0n) is 10.9. The van der Waals surface area contributed by atoms with Crippen LogP contribution in [0.25, 0.3) is 0 Å². The monoisotopic (exact) mass is 271 g/mol. The molecule has 0 saturated heterocycles. The predicted octanol–water partition coefficient (Wildman–Crippen LogP) is 3.80. The van der Waals surface area contributed by atoms with Crippen molar-refractivity contribution in [2.75, 3.05) is 7.11 Å². The Morgan fingerprint density at radius 2 is 2.11 bits per heavy atom. The Morgan fingerprint density at radius 3 is 2.61 bits per heavy atom. The summed E-state index contributed by atoms with van der Waals surface area (Å²) < 4.78 is 5.09. The molecule has 0 bridgehead atoms. The van der Waals surface area contributed by atoms with E-state index in [0.717, 1.165) is 6.42 Å². The molecule has 0 aliphatic carbocycles. The molecule has 1 aromatic carbocycles. The van der Waals surface area contributed by atoms with Gasteiger partial charge in [0.05, 0.1) is 12.0 Å². The Balaban J connectivity index is 2.93. The number of nitro benzene ring substituents is 1. The van der Waals surface area contributed by atoms with Crippen molar-refractivity contribution < 1.29 is 9.66 Å². The van der Waals surface area contributed by atoms with Crippen molar-refractivity contribution >= 4 is 17.3 Å². The molecular formula is C13H18ClNO3. The molecule has 0 fully saturated rings. The summed E-state index contributed by atoms with van der Waals surface area (Å²) in [7, 11) is 1.54. The van der Waals surface area contributed by atoms with E-state index in [1.807, 2.05) is 0 Å². The molecule has 1 aromatic rings. The lowest BCUT2D eigenvalue weighted by atomic mass is 10.0. The number of nitrogens with zero attached hydrogens (tertiary/aromatic N) is 1. The highest BCUT2D eigenvalue weighted by molar-refractivity contribution is 6.20. The molecule has 0 aliphatic rings. The van der Waals surface area contributed by atoms with Gasteiger partial charge in [-0.2, -0.15) is 0 Å². The molecule has 5 heteroatoms. The summed E-state index contributed by atoms with van der Waals surface area (Å²) in [6.07, 6.45) is 1.31. The van der Waals surface area contributed by atoms with Crippen LogP contribution < -0.4 is 4.74 Å². The van der Waals surface area contributed by atoms with Crippen molar-refractivity contribution in [1.82, 2.24) is 0 Å². The fraction of sp³-hybridized carbons (Fsp3) is 0.538. The van der Waals surface area contributed by atoms with Crippen LogP contribution in [0.4, 0.5) is 5.69 Å². The standard InChI is InChI=1S/C13H18ClNO3/c1-9(2)6-11(14)7-10-8-12(18-3)4-5-13(10)15(16)17/h4-5,8-9,11H,6-7H2,1-3H3. The van der Waals surface area contributed by atoms with Crippen LogP contribution in [0.2, 0.25) is 0 Å². The van der Waals surface area contributed by atoms with Crippen LogP contribution >= 0.6 is 11.6 Å². The van der Waals surface area contributed by atoms with Gasteiger partial charge in [0, 0.05) is 17.0 Å². The SMILES string of the molecule is COc1ccc([N+](=O)[O-])c(CC(Cl)CC(C)C)c1. The minimum Gasteiger partial charge on any atom is -0.497 e. The second-order valence-electron chi connectivity index (χ2n) is 4.68. The van der Waals surface area contributed by atoms with Crippen LogP contribution in [0, 0.1) is 16.0 Å². The van der Waals surface area contributed by atoms with Crippen molar-refractivity contribution in [3.05, 3.63) is 33.9 Å². The summed E-state index contributed by atoms with van der Waals surface area (Å²) in [6.45, 7) is 4.16. The molecule has 18 heavy (non-hydrogen) atoms. The van der Waals surface area contributed by atoms with Crippen molar-refractivity contribution in [1.29, 1.82) is 0 Å². The Labute approximate surface area is 112 Å². The van der Waals surface area contributed by atoms with E-state index >= 15 is 0 Å². The van der Waals surface area contributed by atoms with Gasteiger partial charge in [0.1, 0.15) is 5.75 Å². The van der Waals surface area contributed by atoms with Gasteiger partial charge in [0.2, 0.25) is 0 Å². The van der Waals surface area contributed by atoms with E-state index < -0.39 is 0 Å². The quantitative estimate of drug-likeness (QED) is 0.449. The van der Waals surface area contributed by atoms with Crippen LogP contribution in [-0.2, 0) is 6.42 Å². The lowest BCUT2D eigenvalue weighted by molar-refractivity contribution is -0.385. The van der Waals surface area contributed by atoms with E-state index in [9.17, 15) is 10.1 Å². The first kappa shape index (κ1) is 14.8. The smallest absolute Gasteiger partial charge is 0.272 e. The maximum Gasteiger partial charge on any atom is 0.272 e. The largest absolute Gasteiger partial charge is 0.497 e. The number of benzene rings is 1. The van der Waals surface area contributed by atoms with E-state index in [-0.39, 0.29) is 16.0 Å². The van der Waals surface area contributed by atoms with Gasteiger partial charge >= 0.3 is 0 Å². The molecule has 0 aromatic heterocycles. The second-order valence-corrected chi connectivity index (χ2v) is 5.30. The van der Waals surface area contributed by atoms with E-state index in [2.05, 4.69) is 13.8 Å². The van der Waals surface area contributed by atoms with E-state index in [1.54, 1.807) is 12.1 Å². The Hall–Kier alpha value is -1.29. The lowest BCUT2D eigenvalue weighted by Gasteiger charge is -2.12. The number of hydrogen-bond acceptors (Lipinski definition) is 3. The van der Waals surface area contributed by atoms with Crippen molar-refractivity contribution in [3.8, 4) is 5.75 Å². The molecular weight excluding hydrogens is 254 g/mol. The van der Waals surface area contributed by atoms with Crippen LogP contribution in [0.3, 0.4) is 0 Å². The van der Waals surface area contributed by atoms with Crippen LogP contribution in [0.1, 0.15) is 25.8 Å². The maximum atomic E-state index is 10.9. The molecule has 1 unspecified atom stereocenters. The van der Waals surface area contributed by atoms with Gasteiger partial charge in [0.25, 0.3) is 5.69 Å². The third kappa shape index (κ3) is 4.18. The summed E-state index contributed by atoms with van der Waals surface area (Å²) in [6, 6.07) is 4.74. The number of methoxy groups -OCH3 is 1. The highest BCUT2D eigenvalue weighted by atomic mass is 35.5. The molecule has 0 N–H and O–H groups in total. The summed E-state index contributed by atoms with van der Waals surface area (Å²) in [5.41, 5.74) is 0.727. The molecule has 0 spiro atoms. The molecule has 0 aliphatic heterocycles. The van der Waals surface area contributed by atoms with E-state index in [1.165, 1.54) is 13.2 Å². The average molecular weight is 272 g/mol. The van der Waals surface area contributed by atoms with Crippen LogP contribution in [0.15, 0.2) is 18.2 Å². The predicted molar refractivity (Wildman–Crippen MR) is 72.4 cm³/mol. The van der Waals surface area contributed by atoms with Gasteiger partial charge in [0.15, 0.2) is 0 Å². The van der Waals surface area contributed by atoms with E-state index in [4.69, 9.17) is 16.3 Å². The van der Waals surface area contributed by atoms with Gasteiger partial charge < -0.3 is 4.74 Å². The Bertz CT molecular complexity index is 421. The fourth-order valence-corrected chi connectivity index (χ4v) is 2.39. The molecule has 0 amide bonds. The highest BCUT2D eigenvalue weighted by Crippen LogP contribution is 2.27. The van der Waals surface area contributed by atoms with Crippen molar-refractivity contribution in [2.24, 2.45) is 5.92 Å². The summed E-state index contributed by atoms with van der Waals surface area (Å²) in [4.78, 5) is 10.6. The summed E-state index contributed by atoms with van der Waals surface area (Å²) in [5, 5.41) is 10.8. The first-order valence-electron chi connectivity index (χ1n) is 5.89. The third-order valence-electron chi connectivity index (χ3n) is 2.65. The first-order chi connectivity index (χ1) is 8.43. The van der Waals surface area contributed by atoms with Crippen molar-refractivity contribution in [2.45, 2.75) is 32.1 Å². The lowest BCUT2D eigenvalue weighted by Crippen LogP contribution is -2.09. The van der Waals surface area contributed by atoms with Gasteiger partial charge in [-0.15, -0.1) is 11.6 Å². The number of halogens is 1. The molecule has 100 valence electrons. The molecule has 4 nitrogen and oxygen atoms in total. The third-order valence-corrected chi connectivity index (χ3v) is 2.98. The molecule has 0 radical (unpaired) electrons. The zero-order valence-corrected chi connectivity index (χ0v) is 11.6. The Kier molecular flexibility index (Phi) is 5.41. The number of nitro groups is 1. The van der Waals surface area contributed by atoms with Gasteiger partial charge in [-0.05, 0) is 30.9 Å². The zero-order chi connectivity index (χ0) is 13.7. The van der Waals surface area contributed by atoms with Gasteiger partial charge in [-0.25, -0.2) is 0 Å². The first-order valence-corrected chi connectivity index (χ1v) is 6.33. The topological polar surface area (TPSA) is 52.4 Å². The minimum atomic E-state index is -0.381. The van der Waals surface area contributed by atoms with Crippen LogP contribution in [0.5, 0.6) is 5.75 Å². The molecule has 1 rings (SSSR count). The number of ether oxygens (including phenoxy) is 1. The Morgan fingerprint density at radius 1 is 1.44 bits per heavy atom. The maximum absolute atomic E-state index is 10.9. The average Bonchev–Trinajstić information content (AvgIpc) is 2.27. The van der Waals surface area contributed by atoms with Crippen molar-refractivity contribution in [3.63, 3.8) is 0 Å². The highest BCUT2D eigenvalue weighted by Gasteiger charge is 2.18. The molecule has 0 heterocycles. The molecule has 0 saturated carbocycles. The van der Waals surface area contributed by atoms with E-state index in [0.29, 0.717) is 23.7 Å².